The Morgan fingerprint density at radius 3 is 2.71 bits per heavy atom. The minimum Gasteiger partial charge on any atom is -0.457 e. The van der Waals surface area contributed by atoms with Crippen LogP contribution in [0.15, 0.2) is 40.9 Å². The highest BCUT2D eigenvalue weighted by molar-refractivity contribution is 9.10. The van der Waals surface area contributed by atoms with E-state index in [-0.39, 0.29) is 5.82 Å². The highest BCUT2D eigenvalue weighted by Crippen LogP contribution is 2.29. The zero-order valence-electron chi connectivity index (χ0n) is 11.8. The molecule has 0 atom stereocenters. The Labute approximate surface area is 132 Å². The molecule has 2 aromatic carbocycles. The second kappa shape index (κ2) is 6.16. The highest BCUT2D eigenvalue weighted by Gasteiger charge is 2.19. The van der Waals surface area contributed by atoms with Gasteiger partial charge in [-0.2, -0.15) is 0 Å². The molecular weight excluding hydrogens is 333 g/mol. The van der Waals surface area contributed by atoms with Gasteiger partial charge in [0.2, 0.25) is 0 Å². The fourth-order valence-electron chi connectivity index (χ4n) is 2.20. The minimum absolute atomic E-state index is 0.317. The smallest absolute Gasteiger partial charge is 0.131 e. The largest absolute Gasteiger partial charge is 0.457 e. The van der Waals surface area contributed by atoms with Crippen molar-refractivity contribution >= 4 is 15.9 Å². The van der Waals surface area contributed by atoms with E-state index in [0.29, 0.717) is 16.3 Å². The Morgan fingerprint density at radius 1 is 1.24 bits per heavy atom. The molecule has 0 bridgehead atoms. The van der Waals surface area contributed by atoms with Crippen LogP contribution in [0.1, 0.15) is 24.0 Å². The summed E-state index contributed by atoms with van der Waals surface area (Å²) in [6, 6.07) is 11.3. The third-order valence-electron chi connectivity index (χ3n) is 3.48. The van der Waals surface area contributed by atoms with E-state index in [9.17, 15) is 4.39 Å². The summed E-state index contributed by atoms with van der Waals surface area (Å²) in [7, 11) is 0. The van der Waals surface area contributed by atoms with Crippen LogP contribution in [0.5, 0.6) is 11.5 Å². The van der Waals surface area contributed by atoms with Crippen LogP contribution in [-0.4, -0.2) is 6.04 Å². The van der Waals surface area contributed by atoms with Crippen molar-refractivity contribution < 1.29 is 9.13 Å². The molecule has 0 heterocycles. The molecule has 1 aliphatic rings. The van der Waals surface area contributed by atoms with Gasteiger partial charge in [0.1, 0.15) is 17.3 Å². The topological polar surface area (TPSA) is 21.3 Å². The average Bonchev–Trinajstić information content (AvgIpc) is 3.22. The van der Waals surface area contributed by atoms with Crippen molar-refractivity contribution in [1.82, 2.24) is 5.32 Å². The summed E-state index contributed by atoms with van der Waals surface area (Å²) in [6.07, 6.45) is 2.57. The van der Waals surface area contributed by atoms with Gasteiger partial charge in [0, 0.05) is 23.1 Å². The maximum Gasteiger partial charge on any atom is 0.131 e. The zero-order chi connectivity index (χ0) is 14.8. The Balaban J connectivity index is 1.72. The molecule has 1 fully saturated rings. The molecule has 0 aliphatic heterocycles. The van der Waals surface area contributed by atoms with Crippen LogP contribution in [-0.2, 0) is 6.54 Å². The molecule has 0 spiro atoms. The SMILES string of the molecule is Cc1cc(CNC2CC2)ccc1Oc1cc(F)cc(Br)c1. The molecule has 1 N–H and O–H groups in total. The zero-order valence-corrected chi connectivity index (χ0v) is 13.4. The normalized spacial score (nSPS) is 14.2. The quantitative estimate of drug-likeness (QED) is 0.825. The van der Waals surface area contributed by atoms with Crippen molar-refractivity contribution in [3.05, 3.63) is 57.8 Å². The molecule has 0 aromatic heterocycles. The number of hydrogen-bond acceptors (Lipinski definition) is 2. The van der Waals surface area contributed by atoms with E-state index < -0.39 is 0 Å². The number of benzene rings is 2. The van der Waals surface area contributed by atoms with Crippen molar-refractivity contribution in [2.75, 3.05) is 0 Å². The van der Waals surface area contributed by atoms with E-state index in [1.165, 1.54) is 30.5 Å². The molecule has 0 saturated heterocycles. The molecule has 3 rings (SSSR count). The van der Waals surface area contributed by atoms with E-state index in [0.717, 1.165) is 17.9 Å². The maximum absolute atomic E-state index is 13.4. The van der Waals surface area contributed by atoms with Gasteiger partial charge in [0.05, 0.1) is 0 Å². The van der Waals surface area contributed by atoms with E-state index in [1.807, 2.05) is 19.1 Å². The lowest BCUT2D eigenvalue weighted by molar-refractivity contribution is 0.472. The van der Waals surface area contributed by atoms with Crippen molar-refractivity contribution in [3.8, 4) is 11.5 Å². The lowest BCUT2D eigenvalue weighted by atomic mass is 10.1. The Bertz CT molecular complexity index is 635. The number of nitrogens with one attached hydrogen (secondary N) is 1. The van der Waals surface area contributed by atoms with Crippen molar-refractivity contribution in [3.63, 3.8) is 0 Å². The van der Waals surface area contributed by atoms with Crippen LogP contribution in [0.4, 0.5) is 4.39 Å². The number of rotatable bonds is 5. The summed E-state index contributed by atoms with van der Waals surface area (Å²) in [5.41, 5.74) is 2.29. The Hall–Kier alpha value is -1.39. The second-order valence-corrected chi connectivity index (χ2v) is 6.38. The van der Waals surface area contributed by atoms with Gasteiger partial charge in [-0.3, -0.25) is 0 Å². The molecule has 1 saturated carbocycles. The summed E-state index contributed by atoms with van der Waals surface area (Å²) in [6.45, 7) is 2.89. The molecule has 0 amide bonds. The van der Waals surface area contributed by atoms with Crippen molar-refractivity contribution in [2.45, 2.75) is 32.4 Å². The molecule has 2 aromatic rings. The number of ether oxygens (including phenoxy) is 1. The van der Waals surface area contributed by atoms with Crippen LogP contribution in [0.3, 0.4) is 0 Å². The monoisotopic (exact) mass is 349 g/mol. The summed E-state index contributed by atoms with van der Waals surface area (Å²) < 4.78 is 19.8. The highest BCUT2D eigenvalue weighted by atomic mass is 79.9. The lowest BCUT2D eigenvalue weighted by Crippen LogP contribution is -2.15. The summed E-state index contributed by atoms with van der Waals surface area (Å²) in [4.78, 5) is 0. The first kappa shape index (κ1) is 14.5. The van der Waals surface area contributed by atoms with Gasteiger partial charge in [-0.05, 0) is 49.1 Å². The third-order valence-corrected chi connectivity index (χ3v) is 3.93. The predicted octanol–water partition coefficient (Wildman–Crippen LogP) is 4.94. The number of halogens is 2. The van der Waals surface area contributed by atoms with Gasteiger partial charge in [0.15, 0.2) is 0 Å². The molecule has 0 radical (unpaired) electrons. The lowest BCUT2D eigenvalue weighted by Gasteiger charge is -2.11. The fraction of sp³-hybridized carbons (Fsp3) is 0.294. The van der Waals surface area contributed by atoms with E-state index in [4.69, 9.17) is 4.74 Å². The minimum atomic E-state index is -0.317. The van der Waals surface area contributed by atoms with Crippen LogP contribution < -0.4 is 10.1 Å². The summed E-state index contributed by atoms with van der Waals surface area (Å²) in [5, 5.41) is 3.49. The molecule has 110 valence electrons. The molecule has 2 nitrogen and oxygen atoms in total. The van der Waals surface area contributed by atoms with E-state index in [1.54, 1.807) is 6.07 Å². The van der Waals surface area contributed by atoms with Crippen molar-refractivity contribution in [2.24, 2.45) is 0 Å². The Morgan fingerprint density at radius 2 is 2.05 bits per heavy atom. The molecular formula is C17H17BrFNO. The first-order chi connectivity index (χ1) is 10.1. The van der Waals surface area contributed by atoms with Gasteiger partial charge in [0.25, 0.3) is 0 Å². The van der Waals surface area contributed by atoms with E-state index in [2.05, 4.69) is 27.3 Å². The third kappa shape index (κ3) is 4.05. The Kier molecular flexibility index (Phi) is 4.27. The standard InChI is InChI=1S/C17H17BrFNO/c1-11-6-12(10-20-15-3-4-15)2-5-17(11)21-16-8-13(18)7-14(19)9-16/h2,5-9,15,20H,3-4,10H2,1H3. The average molecular weight is 350 g/mol. The van der Waals surface area contributed by atoms with Crippen LogP contribution in [0.2, 0.25) is 0 Å². The van der Waals surface area contributed by atoms with Crippen molar-refractivity contribution in [1.29, 1.82) is 0 Å². The summed E-state index contributed by atoms with van der Waals surface area (Å²) >= 11 is 3.27. The van der Waals surface area contributed by atoms with Gasteiger partial charge in [-0.25, -0.2) is 4.39 Å². The second-order valence-electron chi connectivity index (χ2n) is 5.46. The van der Waals surface area contributed by atoms with Crippen LogP contribution >= 0.6 is 15.9 Å². The van der Waals surface area contributed by atoms with Crippen LogP contribution in [0, 0.1) is 12.7 Å². The van der Waals surface area contributed by atoms with Gasteiger partial charge in [-0.1, -0.05) is 28.1 Å². The molecule has 4 heteroatoms. The molecule has 21 heavy (non-hydrogen) atoms. The number of aryl methyl sites for hydroxylation is 1. The van der Waals surface area contributed by atoms with Gasteiger partial charge < -0.3 is 10.1 Å². The maximum atomic E-state index is 13.4. The first-order valence-electron chi connectivity index (χ1n) is 7.07. The predicted molar refractivity (Wildman–Crippen MR) is 85.2 cm³/mol. The number of hydrogen-bond donors (Lipinski definition) is 1. The van der Waals surface area contributed by atoms with Gasteiger partial charge >= 0.3 is 0 Å². The van der Waals surface area contributed by atoms with E-state index >= 15 is 0 Å². The fourth-order valence-corrected chi connectivity index (χ4v) is 2.64. The van der Waals surface area contributed by atoms with Crippen LogP contribution in [0.25, 0.3) is 0 Å². The molecule has 1 aliphatic carbocycles. The molecule has 0 unspecified atom stereocenters. The van der Waals surface area contributed by atoms with Gasteiger partial charge in [-0.15, -0.1) is 0 Å². The first-order valence-corrected chi connectivity index (χ1v) is 7.86. The summed E-state index contributed by atoms with van der Waals surface area (Å²) in [5.74, 6) is 0.929.